The molecule has 156 valence electrons. The normalized spacial score (nSPS) is 11.4. The number of guanidine groups is 1. The lowest BCUT2D eigenvalue weighted by Gasteiger charge is -2.14. The molecule has 6 nitrogen and oxygen atoms in total. The molecule has 0 saturated heterocycles. The summed E-state index contributed by atoms with van der Waals surface area (Å²) in [6.45, 7) is 8.92. The molecule has 7 heteroatoms. The molecule has 0 aromatic heterocycles. The fourth-order valence-electron chi connectivity index (χ4n) is 2.16. The van der Waals surface area contributed by atoms with Crippen LogP contribution in [0.3, 0.4) is 0 Å². The van der Waals surface area contributed by atoms with Crippen molar-refractivity contribution in [1.29, 1.82) is 0 Å². The number of hydrogen-bond donors (Lipinski definition) is 2. The lowest BCUT2D eigenvalue weighted by molar-refractivity contribution is 0.128. The van der Waals surface area contributed by atoms with Gasteiger partial charge in [0.05, 0.1) is 6.61 Å². The summed E-state index contributed by atoms with van der Waals surface area (Å²) in [6.07, 6.45) is 1.10. The van der Waals surface area contributed by atoms with Gasteiger partial charge in [-0.3, -0.25) is 4.99 Å². The van der Waals surface area contributed by atoms with E-state index in [0.29, 0.717) is 25.7 Å². The first kappa shape index (κ1) is 25.9. The number of benzene rings is 1. The van der Waals surface area contributed by atoms with E-state index < -0.39 is 0 Å². The molecule has 0 unspecified atom stereocenters. The summed E-state index contributed by atoms with van der Waals surface area (Å²) in [5, 5.41) is 6.58. The molecule has 1 aromatic carbocycles. The fraction of sp³-hybridized carbons (Fsp3) is 0.650. The van der Waals surface area contributed by atoms with Crippen molar-refractivity contribution in [1.82, 2.24) is 15.5 Å². The summed E-state index contributed by atoms with van der Waals surface area (Å²) in [7, 11) is 5.85. The van der Waals surface area contributed by atoms with Gasteiger partial charge in [-0.25, -0.2) is 0 Å². The van der Waals surface area contributed by atoms with E-state index in [0.717, 1.165) is 43.4 Å². The average molecular weight is 492 g/mol. The molecule has 0 atom stereocenters. The molecule has 27 heavy (non-hydrogen) atoms. The van der Waals surface area contributed by atoms with Gasteiger partial charge in [-0.05, 0) is 44.1 Å². The average Bonchev–Trinajstić information content (AvgIpc) is 2.60. The van der Waals surface area contributed by atoms with E-state index in [1.165, 1.54) is 0 Å². The first-order valence-corrected chi connectivity index (χ1v) is 9.40. The van der Waals surface area contributed by atoms with Gasteiger partial charge >= 0.3 is 0 Å². The van der Waals surface area contributed by atoms with Crippen molar-refractivity contribution in [2.75, 3.05) is 54.1 Å². The van der Waals surface area contributed by atoms with E-state index in [1.807, 2.05) is 26.2 Å². The monoisotopic (exact) mass is 492 g/mol. The predicted octanol–water partition coefficient (Wildman–Crippen LogP) is 2.97. The second kappa shape index (κ2) is 15.9. The van der Waals surface area contributed by atoms with Crippen molar-refractivity contribution in [3.8, 4) is 5.75 Å². The molecule has 0 fully saturated rings. The Morgan fingerprint density at radius 1 is 1.15 bits per heavy atom. The molecule has 0 radical (unpaired) electrons. The topological polar surface area (TPSA) is 58.1 Å². The van der Waals surface area contributed by atoms with Gasteiger partial charge in [-0.15, -0.1) is 24.0 Å². The highest BCUT2D eigenvalue weighted by Crippen LogP contribution is 2.13. The Bertz CT molecular complexity index is 524. The summed E-state index contributed by atoms with van der Waals surface area (Å²) in [5.74, 6) is 2.35. The Morgan fingerprint density at radius 3 is 2.59 bits per heavy atom. The third kappa shape index (κ3) is 13.7. The number of rotatable bonds is 12. The highest BCUT2D eigenvalue weighted by molar-refractivity contribution is 14.0. The number of nitrogens with one attached hydrogen (secondary N) is 2. The molecule has 2 N–H and O–H groups in total. The molecule has 0 amide bonds. The van der Waals surface area contributed by atoms with Crippen LogP contribution >= 0.6 is 24.0 Å². The molecule has 0 aliphatic heterocycles. The van der Waals surface area contributed by atoms with Crippen LogP contribution in [-0.4, -0.2) is 64.9 Å². The van der Waals surface area contributed by atoms with Crippen molar-refractivity contribution < 1.29 is 9.47 Å². The van der Waals surface area contributed by atoms with Crippen LogP contribution in [0.15, 0.2) is 29.3 Å². The van der Waals surface area contributed by atoms with E-state index in [4.69, 9.17) is 9.47 Å². The standard InChI is InChI=1S/C20H36N4O2.HI/c1-17(2)9-12-25-13-10-22-20(21-3)23-16-18-7-6-8-19(15-18)26-14-11-24(4)5;/h6-8,15,17H,9-14,16H2,1-5H3,(H2,21,22,23);1H. The van der Waals surface area contributed by atoms with Crippen LogP contribution in [0.2, 0.25) is 0 Å². The zero-order valence-electron chi connectivity index (χ0n) is 17.5. The van der Waals surface area contributed by atoms with Crippen molar-refractivity contribution in [2.24, 2.45) is 10.9 Å². The zero-order valence-corrected chi connectivity index (χ0v) is 19.8. The fourth-order valence-corrected chi connectivity index (χ4v) is 2.16. The highest BCUT2D eigenvalue weighted by atomic mass is 127. The van der Waals surface area contributed by atoms with Crippen molar-refractivity contribution >= 4 is 29.9 Å². The summed E-state index contributed by atoms with van der Waals surface area (Å²) >= 11 is 0. The second-order valence-electron chi connectivity index (χ2n) is 6.95. The van der Waals surface area contributed by atoms with E-state index in [1.54, 1.807) is 7.05 Å². The Balaban J connectivity index is 0.00000676. The first-order chi connectivity index (χ1) is 12.5. The van der Waals surface area contributed by atoms with E-state index in [2.05, 4.69) is 46.5 Å². The van der Waals surface area contributed by atoms with Gasteiger partial charge in [0.2, 0.25) is 0 Å². The van der Waals surface area contributed by atoms with Crippen LogP contribution in [0.4, 0.5) is 0 Å². The molecule has 0 aliphatic rings. The van der Waals surface area contributed by atoms with Gasteiger partial charge in [0.1, 0.15) is 12.4 Å². The minimum atomic E-state index is 0. The molecule has 1 aromatic rings. The second-order valence-corrected chi connectivity index (χ2v) is 6.95. The maximum atomic E-state index is 5.78. The van der Waals surface area contributed by atoms with Gasteiger partial charge in [0.15, 0.2) is 5.96 Å². The van der Waals surface area contributed by atoms with Gasteiger partial charge in [0, 0.05) is 33.3 Å². The number of aliphatic imine (C=N–C) groups is 1. The van der Waals surface area contributed by atoms with Gasteiger partial charge in [-0.1, -0.05) is 26.0 Å². The van der Waals surface area contributed by atoms with Crippen molar-refractivity contribution in [3.63, 3.8) is 0 Å². The van der Waals surface area contributed by atoms with Crippen molar-refractivity contribution in [2.45, 2.75) is 26.8 Å². The quantitative estimate of drug-likeness (QED) is 0.203. The Labute approximate surface area is 182 Å². The van der Waals surface area contributed by atoms with E-state index in [-0.39, 0.29) is 24.0 Å². The number of nitrogens with zero attached hydrogens (tertiary/aromatic N) is 2. The number of likely N-dealkylation sites (N-methyl/N-ethyl adjacent to an activating group) is 1. The molecule has 0 heterocycles. The summed E-state index contributed by atoms with van der Waals surface area (Å²) in [6, 6.07) is 8.14. The Morgan fingerprint density at radius 2 is 1.93 bits per heavy atom. The maximum absolute atomic E-state index is 5.78. The van der Waals surface area contributed by atoms with Crippen LogP contribution in [0.25, 0.3) is 0 Å². The first-order valence-electron chi connectivity index (χ1n) is 9.40. The van der Waals surface area contributed by atoms with Gasteiger partial charge in [-0.2, -0.15) is 0 Å². The minimum absolute atomic E-state index is 0. The Hall–Kier alpha value is -1.06. The number of hydrogen-bond acceptors (Lipinski definition) is 4. The zero-order chi connectivity index (χ0) is 19.2. The Kier molecular flexibility index (Phi) is 15.3. The van der Waals surface area contributed by atoms with Gasteiger partial charge < -0.3 is 25.0 Å². The SMILES string of the molecule is CN=C(NCCOCCC(C)C)NCc1cccc(OCCN(C)C)c1.I. The van der Waals surface area contributed by atoms with Gasteiger partial charge in [0.25, 0.3) is 0 Å². The number of ether oxygens (including phenoxy) is 2. The van der Waals surface area contributed by atoms with E-state index in [9.17, 15) is 0 Å². The number of halogens is 1. The van der Waals surface area contributed by atoms with Crippen LogP contribution < -0.4 is 15.4 Å². The maximum Gasteiger partial charge on any atom is 0.191 e. The molecular formula is C20H37IN4O2. The summed E-state index contributed by atoms with van der Waals surface area (Å²) in [5.41, 5.74) is 1.16. The molecule has 0 aliphatic carbocycles. The van der Waals surface area contributed by atoms with E-state index >= 15 is 0 Å². The smallest absolute Gasteiger partial charge is 0.191 e. The third-order valence-electron chi connectivity index (χ3n) is 3.77. The van der Waals surface area contributed by atoms with Crippen molar-refractivity contribution in [3.05, 3.63) is 29.8 Å². The lowest BCUT2D eigenvalue weighted by Crippen LogP contribution is -2.38. The molecular weight excluding hydrogens is 455 g/mol. The highest BCUT2D eigenvalue weighted by Gasteiger charge is 2.01. The molecule has 0 spiro atoms. The summed E-state index contributed by atoms with van der Waals surface area (Å²) in [4.78, 5) is 6.35. The lowest BCUT2D eigenvalue weighted by atomic mass is 10.1. The molecule has 1 rings (SSSR count). The third-order valence-corrected chi connectivity index (χ3v) is 3.77. The minimum Gasteiger partial charge on any atom is -0.492 e. The predicted molar refractivity (Wildman–Crippen MR) is 124 cm³/mol. The van der Waals surface area contributed by atoms with Crippen LogP contribution in [0.5, 0.6) is 5.75 Å². The molecule has 0 bridgehead atoms. The van der Waals surface area contributed by atoms with Crippen LogP contribution in [0, 0.1) is 5.92 Å². The summed E-state index contributed by atoms with van der Waals surface area (Å²) < 4.78 is 11.4. The molecule has 0 saturated carbocycles. The van der Waals surface area contributed by atoms with Crippen LogP contribution in [-0.2, 0) is 11.3 Å². The largest absolute Gasteiger partial charge is 0.492 e. The van der Waals surface area contributed by atoms with Crippen LogP contribution in [0.1, 0.15) is 25.8 Å².